The van der Waals surface area contributed by atoms with E-state index in [-0.39, 0.29) is 5.02 Å². The van der Waals surface area contributed by atoms with E-state index in [1.54, 1.807) is 0 Å². The van der Waals surface area contributed by atoms with E-state index in [9.17, 15) is 23.7 Å². The first-order valence-corrected chi connectivity index (χ1v) is 4.36. The van der Waals surface area contributed by atoms with Crippen LogP contribution in [0.25, 0.3) is 0 Å². The quantitative estimate of drug-likeness (QED) is 0.668. The van der Waals surface area contributed by atoms with Crippen molar-refractivity contribution in [3.63, 3.8) is 0 Å². The smallest absolute Gasteiger partial charge is 0.474 e. The molecular formula is C8H4ClF2NO5. The Labute approximate surface area is 97.5 Å². The fourth-order valence-electron chi connectivity index (χ4n) is 0.866. The molecule has 0 saturated carbocycles. The molecule has 0 unspecified atom stereocenters. The number of hydrogen-bond acceptors (Lipinski definition) is 4. The predicted octanol–water partition coefficient (Wildman–Crippen LogP) is 2.30. The Morgan fingerprint density at radius 1 is 1.53 bits per heavy atom. The van der Waals surface area contributed by atoms with Crippen LogP contribution in [0.4, 0.5) is 14.5 Å². The van der Waals surface area contributed by atoms with Crippen molar-refractivity contribution in [1.29, 1.82) is 0 Å². The van der Waals surface area contributed by atoms with Gasteiger partial charge in [0.25, 0.3) is 5.69 Å². The average molecular weight is 268 g/mol. The molecule has 9 heteroatoms. The molecule has 0 spiro atoms. The number of aliphatic carboxylic acids is 1. The maximum Gasteiger partial charge on any atom is 0.501 e. The number of carboxylic acids is 1. The van der Waals surface area contributed by atoms with E-state index in [0.717, 1.165) is 12.1 Å². The molecule has 92 valence electrons. The van der Waals surface area contributed by atoms with Gasteiger partial charge in [0.2, 0.25) is 0 Å². The molecule has 1 aromatic carbocycles. The van der Waals surface area contributed by atoms with Crippen LogP contribution < -0.4 is 4.74 Å². The van der Waals surface area contributed by atoms with Gasteiger partial charge in [-0.05, 0) is 6.07 Å². The fourth-order valence-corrected chi connectivity index (χ4v) is 1.02. The maximum absolute atomic E-state index is 12.7. The lowest BCUT2D eigenvalue weighted by Crippen LogP contribution is -2.34. The largest absolute Gasteiger partial charge is 0.501 e. The van der Waals surface area contributed by atoms with Crippen molar-refractivity contribution in [3.05, 3.63) is 33.3 Å². The van der Waals surface area contributed by atoms with Gasteiger partial charge < -0.3 is 9.84 Å². The van der Waals surface area contributed by atoms with Gasteiger partial charge in [0.1, 0.15) is 0 Å². The Kier molecular flexibility index (Phi) is 3.47. The lowest BCUT2D eigenvalue weighted by atomic mass is 10.3. The first kappa shape index (κ1) is 13.1. The highest BCUT2D eigenvalue weighted by Gasteiger charge is 2.43. The van der Waals surface area contributed by atoms with Crippen molar-refractivity contribution in [2.24, 2.45) is 0 Å². The van der Waals surface area contributed by atoms with E-state index in [1.165, 1.54) is 0 Å². The predicted molar refractivity (Wildman–Crippen MR) is 51.3 cm³/mol. The van der Waals surface area contributed by atoms with Crippen LogP contribution in [-0.4, -0.2) is 22.1 Å². The van der Waals surface area contributed by atoms with Gasteiger partial charge in [-0.25, -0.2) is 4.79 Å². The highest BCUT2D eigenvalue weighted by atomic mass is 35.5. The number of non-ortho nitro benzene ring substituents is 1. The van der Waals surface area contributed by atoms with Crippen molar-refractivity contribution in [3.8, 4) is 5.75 Å². The van der Waals surface area contributed by atoms with Crippen LogP contribution in [0.15, 0.2) is 18.2 Å². The molecule has 0 aliphatic carbocycles. The maximum atomic E-state index is 12.7. The molecular weight excluding hydrogens is 264 g/mol. The lowest BCUT2D eigenvalue weighted by Gasteiger charge is -2.13. The van der Waals surface area contributed by atoms with Crippen molar-refractivity contribution in [2.75, 3.05) is 0 Å². The number of halogens is 3. The summed E-state index contributed by atoms with van der Waals surface area (Å²) in [4.78, 5) is 19.6. The van der Waals surface area contributed by atoms with Crippen molar-refractivity contribution in [2.45, 2.75) is 6.11 Å². The summed E-state index contributed by atoms with van der Waals surface area (Å²) in [7, 11) is 0. The van der Waals surface area contributed by atoms with E-state index in [2.05, 4.69) is 4.74 Å². The van der Waals surface area contributed by atoms with Crippen LogP contribution in [0, 0.1) is 10.1 Å². The first-order valence-electron chi connectivity index (χ1n) is 3.98. The Hall–Kier alpha value is -1.96. The molecule has 1 N–H and O–H groups in total. The van der Waals surface area contributed by atoms with E-state index < -0.39 is 28.4 Å². The number of nitro benzene ring substituents is 1. The Balaban J connectivity index is 3.10. The highest BCUT2D eigenvalue weighted by molar-refractivity contribution is 6.32. The number of benzene rings is 1. The summed E-state index contributed by atoms with van der Waals surface area (Å²) in [6, 6.07) is 2.53. The van der Waals surface area contributed by atoms with Gasteiger partial charge in [-0.1, -0.05) is 11.6 Å². The summed E-state index contributed by atoms with van der Waals surface area (Å²) in [5, 5.41) is 18.1. The van der Waals surface area contributed by atoms with Gasteiger partial charge in [-0.3, -0.25) is 10.1 Å². The molecule has 6 nitrogen and oxygen atoms in total. The number of nitrogens with zero attached hydrogens (tertiary/aromatic N) is 1. The average Bonchev–Trinajstić information content (AvgIpc) is 2.20. The van der Waals surface area contributed by atoms with E-state index in [1.807, 2.05) is 0 Å². The van der Waals surface area contributed by atoms with Crippen LogP contribution in [0.5, 0.6) is 5.75 Å². The topological polar surface area (TPSA) is 89.7 Å². The zero-order chi connectivity index (χ0) is 13.2. The van der Waals surface area contributed by atoms with Gasteiger partial charge in [-0.2, -0.15) is 8.78 Å². The van der Waals surface area contributed by atoms with Crippen molar-refractivity contribution >= 4 is 23.3 Å². The number of hydrogen-bond donors (Lipinski definition) is 1. The SMILES string of the molecule is O=C(O)C(F)(F)Oc1cc([N+](=O)[O-])ccc1Cl. The molecule has 1 rings (SSSR count). The molecule has 0 aliphatic heterocycles. The molecule has 0 aromatic heterocycles. The van der Waals surface area contributed by atoms with Crippen molar-refractivity contribution in [1.82, 2.24) is 0 Å². The van der Waals surface area contributed by atoms with Gasteiger partial charge in [0.15, 0.2) is 5.75 Å². The molecule has 0 fully saturated rings. The second kappa shape index (κ2) is 4.50. The minimum atomic E-state index is -4.52. The third-order valence-electron chi connectivity index (χ3n) is 1.61. The summed E-state index contributed by atoms with van der Waals surface area (Å²) in [6.07, 6.45) is -4.52. The summed E-state index contributed by atoms with van der Waals surface area (Å²) >= 11 is 5.44. The monoisotopic (exact) mass is 267 g/mol. The minimum absolute atomic E-state index is 0.364. The third-order valence-corrected chi connectivity index (χ3v) is 1.92. The normalized spacial score (nSPS) is 11.0. The highest BCUT2D eigenvalue weighted by Crippen LogP contribution is 2.32. The summed E-state index contributed by atoms with van der Waals surface area (Å²) in [5.74, 6) is -3.31. The van der Waals surface area contributed by atoms with Crippen LogP contribution in [0.2, 0.25) is 5.02 Å². The Morgan fingerprint density at radius 2 is 2.12 bits per heavy atom. The van der Waals surface area contributed by atoms with Gasteiger partial charge in [-0.15, -0.1) is 0 Å². The minimum Gasteiger partial charge on any atom is -0.474 e. The number of ether oxygens (including phenoxy) is 1. The van der Waals surface area contributed by atoms with Crippen LogP contribution >= 0.6 is 11.6 Å². The fraction of sp³-hybridized carbons (Fsp3) is 0.125. The molecule has 1 aromatic rings. The van der Waals surface area contributed by atoms with E-state index in [0.29, 0.717) is 6.07 Å². The van der Waals surface area contributed by atoms with Crippen LogP contribution in [-0.2, 0) is 4.79 Å². The Morgan fingerprint density at radius 3 is 2.59 bits per heavy atom. The number of carboxylic acid groups (broad SMARTS) is 1. The van der Waals surface area contributed by atoms with E-state index >= 15 is 0 Å². The van der Waals surface area contributed by atoms with Crippen LogP contribution in [0.3, 0.4) is 0 Å². The lowest BCUT2D eigenvalue weighted by molar-refractivity contribution is -0.385. The molecule has 17 heavy (non-hydrogen) atoms. The molecule has 0 amide bonds. The molecule has 0 atom stereocenters. The summed E-state index contributed by atoms with van der Waals surface area (Å²) in [6.45, 7) is 0. The zero-order valence-electron chi connectivity index (χ0n) is 7.89. The second-order valence-corrected chi connectivity index (χ2v) is 3.20. The third kappa shape index (κ3) is 3.00. The van der Waals surface area contributed by atoms with Crippen LogP contribution in [0.1, 0.15) is 0 Å². The molecule has 0 bridgehead atoms. The van der Waals surface area contributed by atoms with Gasteiger partial charge in [0, 0.05) is 6.07 Å². The second-order valence-electron chi connectivity index (χ2n) is 2.80. The van der Waals surface area contributed by atoms with E-state index in [4.69, 9.17) is 16.7 Å². The number of rotatable bonds is 4. The Bertz CT molecular complexity index is 479. The molecule has 0 radical (unpaired) electrons. The summed E-state index contributed by atoms with van der Waals surface area (Å²) in [5.41, 5.74) is -0.550. The number of nitro groups is 1. The molecule has 0 saturated heterocycles. The number of alkyl halides is 2. The van der Waals surface area contributed by atoms with Gasteiger partial charge in [0.05, 0.1) is 16.0 Å². The zero-order valence-corrected chi connectivity index (χ0v) is 8.65. The van der Waals surface area contributed by atoms with Crippen molar-refractivity contribution < 1.29 is 28.3 Å². The number of carbonyl (C=O) groups is 1. The molecule has 0 heterocycles. The molecule has 0 aliphatic rings. The standard InChI is InChI=1S/C8H4ClF2NO5/c9-5-2-1-4(12(15)16)3-6(5)17-8(10,11)7(13)14/h1-3H,(H,13,14). The van der Waals surface area contributed by atoms with Gasteiger partial charge >= 0.3 is 12.1 Å². The first-order chi connectivity index (χ1) is 7.74. The summed E-state index contributed by atoms with van der Waals surface area (Å²) < 4.78 is 29.2.